The van der Waals surface area contributed by atoms with E-state index >= 15 is 0 Å². The van der Waals surface area contributed by atoms with Gasteiger partial charge in [0.2, 0.25) is 6.23 Å². The van der Waals surface area contributed by atoms with Gasteiger partial charge in [-0.15, -0.1) is 0 Å². The number of urea groups is 1. The van der Waals surface area contributed by atoms with Gasteiger partial charge in [-0.3, -0.25) is 0 Å². The second kappa shape index (κ2) is 7.75. The number of rotatable bonds is 3. The van der Waals surface area contributed by atoms with E-state index in [1.165, 1.54) is 9.37 Å². The molecular formula is C18H26N4O4S. The van der Waals surface area contributed by atoms with Crippen LogP contribution >= 0.6 is 0 Å². The van der Waals surface area contributed by atoms with Gasteiger partial charge in [-0.1, -0.05) is 43.2 Å². The molecule has 2 amide bonds. The summed E-state index contributed by atoms with van der Waals surface area (Å²) < 4.78 is 28.9. The predicted molar refractivity (Wildman–Crippen MR) is 99.6 cm³/mol. The second-order valence-electron chi connectivity index (χ2n) is 7.18. The highest BCUT2D eigenvalue weighted by molar-refractivity contribution is 7.86. The molecule has 0 bridgehead atoms. The van der Waals surface area contributed by atoms with Crippen molar-refractivity contribution >= 4 is 16.2 Å². The normalized spacial score (nSPS) is 25.3. The third kappa shape index (κ3) is 3.96. The summed E-state index contributed by atoms with van der Waals surface area (Å²) in [6.45, 7) is 2.62. The first-order valence-electron chi connectivity index (χ1n) is 9.62. The zero-order valence-electron chi connectivity index (χ0n) is 15.4. The Balaban J connectivity index is 1.32. The maximum absolute atomic E-state index is 12.9. The number of amides is 2. The van der Waals surface area contributed by atoms with Crippen LogP contribution in [-0.2, 0) is 15.0 Å². The third-order valence-corrected chi connectivity index (χ3v) is 7.42. The van der Waals surface area contributed by atoms with Crippen LogP contribution in [0.1, 0.15) is 37.5 Å². The van der Waals surface area contributed by atoms with Crippen molar-refractivity contribution in [3.63, 3.8) is 0 Å². The number of carbonyl (C=O) groups is 1. The molecule has 1 unspecified atom stereocenters. The van der Waals surface area contributed by atoms with E-state index in [4.69, 9.17) is 4.84 Å². The molecule has 4 rings (SSSR count). The molecule has 0 spiro atoms. The standard InChI is InChI=1S/C18H26N4O4S/c23-18(22-17(26-22)16-8-4-3-5-9-16)19-12-14-21(15-13-19)27(24,25)20-10-6-1-2-7-11-20/h3-5,8-9,17H,1-2,6-7,10-15H2. The average Bonchev–Trinajstić information content (AvgIpc) is 3.52. The van der Waals surface area contributed by atoms with Gasteiger partial charge < -0.3 is 4.90 Å². The van der Waals surface area contributed by atoms with Crippen LogP contribution in [0.5, 0.6) is 0 Å². The van der Waals surface area contributed by atoms with E-state index in [1.54, 1.807) is 9.21 Å². The maximum atomic E-state index is 12.9. The lowest BCUT2D eigenvalue weighted by molar-refractivity contribution is 0.121. The van der Waals surface area contributed by atoms with E-state index in [9.17, 15) is 13.2 Å². The van der Waals surface area contributed by atoms with E-state index in [1.807, 2.05) is 30.3 Å². The number of carbonyl (C=O) groups excluding carboxylic acids is 1. The van der Waals surface area contributed by atoms with E-state index in [0.29, 0.717) is 39.3 Å². The van der Waals surface area contributed by atoms with Crippen molar-refractivity contribution in [3.05, 3.63) is 35.9 Å². The molecule has 1 aromatic carbocycles. The van der Waals surface area contributed by atoms with Crippen LogP contribution in [0.3, 0.4) is 0 Å². The van der Waals surface area contributed by atoms with Gasteiger partial charge in [-0.05, 0) is 12.8 Å². The molecule has 3 aliphatic rings. The zero-order valence-corrected chi connectivity index (χ0v) is 16.2. The highest BCUT2D eigenvalue weighted by Crippen LogP contribution is 2.37. The van der Waals surface area contributed by atoms with Crippen molar-refractivity contribution < 1.29 is 18.0 Å². The number of hydrogen-bond donors (Lipinski definition) is 0. The smallest absolute Gasteiger partial charge is 0.320 e. The maximum Gasteiger partial charge on any atom is 0.347 e. The van der Waals surface area contributed by atoms with Gasteiger partial charge in [0, 0.05) is 44.8 Å². The number of benzene rings is 1. The Bertz CT molecular complexity index is 757. The van der Waals surface area contributed by atoms with Crippen molar-refractivity contribution in [2.75, 3.05) is 39.3 Å². The quantitative estimate of drug-likeness (QED) is 0.733. The Morgan fingerprint density at radius 1 is 0.852 bits per heavy atom. The Kier molecular flexibility index (Phi) is 5.36. The van der Waals surface area contributed by atoms with Gasteiger partial charge in [-0.2, -0.15) is 22.1 Å². The first kappa shape index (κ1) is 18.7. The van der Waals surface area contributed by atoms with Crippen molar-refractivity contribution in [2.24, 2.45) is 0 Å². The molecule has 27 heavy (non-hydrogen) atoms. The van der Waals surface area contributed by atoms with E-state index < -0.39 is 10.2 Å². The molecule has 0 aromatic heterocycles. The van der Waals surface area contributed by atoms with Crippen molar-refractivity contribution in [1.82, 2.24) is 18.6 Å². The zero-order chi connectivity index (χ0) is 18.9. The number of nitrogens with zero attached hydrogens (tertiary/aromatic N) is 4. The molecule has 1 atom stereocenters. The fourth-order valence-corrected chi connectivity index (χ4v) is 5.40. The van der Waals surface area contributed by atoms with E-state index in [2.05, 4.69) is 0 Å². The number of piperazine rings is 1. The van der Waals surface area contributed by atoms with Crippen LogP contribution in [-0.4, -0.2) is 72.3 Å². The highest BCUT2D eigenvalue weighted by atomic mass is 32.2. The molecule has 3 saturated heterocycles. The Labute approximate surface area is 160 Å². The molecular weight excluding hydrogens is 368 g/mol. The minimum atomic E-state index is -3.43. The summed E-state index contributed by atoms with van der Waals surface area (Å²) in [7, 11) is -3.43. The molecule has 0 aliphatic carbocycles. The summed E-state index contributed by atoms with van der Waals surface area (Å²) in [5, 5.41) is 1.36. The number of hydrogen-bond acceptors (Lipinski definition) is 4. The minimum Gasteiger partial charge on any atom is -0.320 e. The summed E-state index contributed by atoms with van der Waals surface area (Å²) in [6.07, 6.45) is 3.69. The average molecular weight is 394 g/mol. The summed E-state index contributed by atoms with van der Waals surface area (Å²) in [6, 6.07) is 9.38. The molecule has 0 radical (unpaired) electrons. The highest BCUT2D eigenvalue weighted by Gasteiger charge is 2.45. The summed E-state index contributed by atoms with van der Waals surface area (Å²) in [5.74, 6) is 0. The van der Waals surface area contributed by atoms with E-state index in [0.717, 1.165) is 31.2 Å². The van der Waals surface area contributed by atoms with Gasteiger partial charge in [0.1, 0.15) is 0 Å². The molecule has 0 N–H and O–H groups in total. The van der Waals surface area contributed by atoms with Crippen LogP contribution in [0, 0.1) is 0 Å². The van der Waals surface area contributed by atoms with Crippen LogP contribution in [0.25, 0.3) is 0 Å². The predicted octanol–water partition coefficient (Wildman–Crippen LogP) is 1.79. The Hall–Kier alpha value is -1.68. The molecule has 1 aromatic rings. The topological polar surface area (TPSA) is 76.5 Å². The van der Waals surface area contributed by atoms with Crippen LogP contribution < -0.4 is 0 Å². The SMILES string of the molecule is O=C(N1CCN(S(=O)(=O)N2CCCCCC2)CC1)N1OC1c1ccccc1. The fraction of sp³-hybridized carbons (Fsp3) is 0.611. The van der Waals surface area contributed by atoms with Gasteiger partial charge in [-0.25, -0.2) is 9.63 Å². The van der Waals surface area contributed by atoms with Crippen LogP contribution in [0.4, 0.5) is 4.79 Å². The molecule has 9 heteroatoms. The largest absolute Gasteiger partial charge is 0.347 e. The van der Waals surface area contributed by atoms with Gasteiger partial charge >= 0.3 is 6.03 Å². The van der Waals surface area contributed by atoms with E-state index in [-0.39, 0.29) is 12.3 Å². The lowest BCUT2D eigenvalue weighted by Gasteiger charge is -2.36. The van der Waals surface area contributed by atoms with Crippen molar-refractivity contribution in [3.8, 4) is 0 Å². The van der Waals surface area contributed by atoms with Gasteiger partial charge in [0.05, 0.1) is 0 Å². The monoisotopic (exact) mass is 394 g/mol. The summed E-state index contributed by atoms with van der Waals surface area (Å²) in [5.41, 5.74) is 0.938. The van der Waals surface area contributed by atoms with Crippen molar-refractivity contribution in [2.45, 2.75) is 31.9 Å². The fourth-order valence-electron chi connectivity index (χ4n) is 3.72. The minimum absolute atomic E-state index is 0.198. The molecule has 3 aliphatic heterocycles. The first-order valence-corrected chi connectivity index (χ1v) is 11.0. The van der Waals surface area contributed by atoms with Gasteiger partial charge in [0.15, 0.2) is 0 Å². The summed E-state index contributed by atoms with van der Waals surface area (Å²) >= 11 is 0. The Morgan fingerprint density at radius 2 is 1.44 bits per heavy atom. The van der Waals surface area contributed by atoms with Crippen LogP contribution in [0.15, 0.2) is 30.3 Å². The summed E-state index contributed by atoms with van der Waals surface area (Å²) in [4.78, 5) is 19.7. The second-order valence-corrected chi connectivity index (χ2v) is 9.11. The lowest BCUT2D eigenvalue weighted by Crippen LogP contribution is -2.55. The number of hydroxylamine groups is 2. The first-order chi connectivity index (χ1) is 13.1. The lowest BCUT2D eigenvalue weighted by atomic mass is 10.2. The van der Waals surface area contributed by atoms with Crippen molar-refractivity contribution in [1.29, 1.82) is 0 Å². The van der Waals surface area contributed by atoms with Gasteiger partial charge in [0.25, 0.3) is 10.2 Å². The Morgan fingerprint density at radius 3 is 2.07 bits per heavy atom. The molecule has 148 valence electrons. The van der Waals surface area contributed by atoms with Crippen LogP contribution in [0.2, 0.25) is 0 Å². The molecule has 3 heterocycles. The molecule has 3 fully saturated rings. The molecule has 0 saturated carbocycles. The molecule has 8 nitrogen and oxygen atoms in total. The third-order valence-electron chi connectivity index (χ3n) is 5.38.